The van der Waals surface area contributed by atoms with Gasteiger partial charge in [-0.05, 0) is 31.5 Å². The van der Waals surface area contributed by atoms with Crippen molar-refractivity contribution in [2.75, 3.05) is 13.2 Å². The average molecular weight is 304 g/mol. The highest BCUT2D eigenvalue weighted by atomic mass is 32.1. The first-order chi connectivity index (χ1) is 10.1. The monoisotopic (exact) mass is 304 g/mol. The summed E-state index contributed by atoms with van der Waals surface area (Å²) >= 11 is 1.77. The summed E-state index contributed by atoms with van der Waals surface area (Å²) in [6.45, 7) is 9.14. The predicted octanol–water partition coefficient (Wildman–Crippen LogP) is 3.82. The van der Waals surface area contributed by atoms with Gasteiger partial charge in [-0.25, -0.2) is 4.98 Å². The van der Waals surface area contributed by atoms with Gasteiger partial charge >= 0.3 is 0 Å². The summed E-state index contributed by atoms with van der Waals surface area (Å²) in [6, 6.07) is 8.16. The zero-order valence-electron chi connectivity index (χ0n) is 13.1. The number of benzene rings is 1. The maximum Gasteiger partial charge on any atom is 0.119 e. The molecule has 0 aliphatic carbocycles. The highest BCUT2D eigenvalue weighted by molar-refractivity contribution is 7.11. The summed E-state index contributed by atoms with van der Waals surface area (Å²) in [5, 5.41) is 4.58. The van der Waals surface area contributed by atoms with Crippen LogP contribution in [0.15, 0.2) is 30.5 Å². The summed E-state index contributed by atoms with van der Waals surface area (Å²) in [5.41, 5.74) is 1.25. The number of thiazole rings is 1. The Morgan fingerprint density at radius 2 is 2.00 bits per heavy atom. The lowest BCUT2D eigenvalue weighted by Crippen LogP contribution is -2.18. The van der Waals surface area contributed by atoms with Crippen molar-refractivity contribution in [2.24, 2.45) is 5.92 Å². The molecule has 0 aliphatic rings. The fraction of sp³-hybridized carbons (Fsp3) is 0.471. The Balaban J connectivity index is 1.71. The largest absolute Gasteiger partial charge is 0.493 e. The lowest BCUT2D eigenvalue weighted by Gasteiger charge is -2.05. The van der Waals surface area contributed by atoms with Crippen LogP contribution < -0.4 is 10.1 Å². The normalized spacial score (nSPS) is 11.0. The number of aromatic nitrogens is 1. The fourth-order valence-corrected chi connectivity index (χ4v) is 2.79. The van der Waals surface area contributed by atoms with Crippen LogP contribution in [0, 0.1) is 12.8 Å². The van der Waals surface area contributed by atoms with Crippen molar-refractivity contribution >= 4 is 11.3 Å². The molecule has 0 atom stereocenters. The molecule has 0 radical (unpaired) electrons. The highest BCUT2D eigenvalue weighted by Gasteiger charge is 2.03. The van der Waals surface area contributed by atoms with Crippen LogP contribution in [0.25, 0.3) is 0 Å². The topological polar surface area (TPSA) is 34.1 Å². The molecule has 1 N–H and O–H groups in total. The molecule has 114 valence electrons. The van der Waals surface area contributed by atoms with Gasteiger partial charge in [-0.15, -0.1) is 11.3 Å². The van der Waals surface area contributed by atoms with Crippen LogP contribution in [0.1, 0.15) is 29.3 Å². The third kappa shape index (κ3) is 5.86. The van der Waals surface area contributed by atoms with E-state index in [9.17, 15) is 0 Å². The summed E-state index contributed by atoms with van der Waals surface area (Å²) in [4.78, 5) is 5.75. The van der Waals surface area contributed by atoms with E-state index in [-0.39, 0.29) is 0 Å². The quantitative estimate of drug-likeness (QED) is 0.805. The van der Waals surface area contributed by atoms with E-state index in [0.29, 0.717) is 12.5 Å². The second kappa shape index (κ2) is 8.15. The molecular formula is C17H24N2OS. The molecule has 0 unspecified atom stereocenters. The molecule has 3 nitrogen and oxygen atoms in total. The van der Waals surface area contributed by atoms with E-state index in [1.165, 1.54) is 10.4 Å². The van der Waals surface area contributed by atoms with E-state index < -0.39 is 0 Å². The van der Waals surface area contributed by atoms with Crippen molar-refractivity contribution in [1.82, 2.24) is 10.3 Å². The van der Waals surface area contributed by atoms with Crippen molar-refractivity contribution in [2.45, 2.75) is 33.7 Å². The van der Waals surface area contributed by atoms with Crippen molar-refractivity contribution in [3.05, 3.63) is 45.9 Å². The molecule has 0 amide bonds. The first-order valence-corrected chi connectivity index (χ1v) is 8.29. The molecule has 4 heteroatoms. The highest BCUT2D eigenvalue weighted by Crippen LogP contribution is 2.15. The van der Waals surface area contributed by atoms with Gasteiger partial charge in [0.05, 0.1) is 11.6 Å². The van der Waals surface area contributed by atoms with Crippen molar-refractivity contribution in [3.63, 3.8) is 0 Å². The zero-order valence-corrected chi connectivity index (χ0v) is 13.9. The van der Waals surface area contributed by atoms with Gasteiger partial charge in [-0.1, -0.05) is 31.5 Å². The van der Waals surface area contributed by atoms with Crippen LogP contribution in [0.4, 0.5) is 0 Å². The third-order valence-electron chi connectivity index (χ3n) is 3.06. The van der Waals surface area contributed by atoms with Crippen LogP contribution in [-0.4, -0.2) is 18.1 Å². The SMILES string of the molecule is Cc1ccc(OCCc2ncc(CNCC(C)C)s2)cc1. The standard InChI is InChI=1S/C17H24N2OS/c1-13(2)10-18-11-16-12-19-17(21-16)8-9-20-15-6-4-14(3)5-7-15/h4-7,12-13,18H,8-11H2,1-3H3. The molecule has 0 saturated carbocycles. The predicted molar refractivity (Wildman–Crippen MR) is 89.0 cm³/mol. The Morgan fingerprint density at radius 3 is 2.71 bits per heavy atom. The number of rotatable bonds is 8. The van der Waals surface area contributed by atoms with E-state index in [4.69, 9.17) is 4.74 Å². The van der Waals surface area contributed by atoms with Crippen LogP contribution in [0.3, 0.4) is 0 Å². The number of hydrogen-bond acceptors (Lipinski definition) is 4. The van der Waals surface area contributed by atoms with E-state index in [0.717, 1.165) is 30.3 Å². The van der Waals surface area contributed by atoms with Gasteiger partial charge in [0, 0.05) is 24.0 Å². The molecular weight excluding hydrogens is 280 g/mol. The Hall–Kier alpha value is -1.39. The molecule has 0 spiro atoms. The van der Waals surface area contributed by atoms with E-state index in [1.807, 2.05) is 18.3 Å². The number of nitrogens with one attached hydrogen (secondary N) is 1. The molecule has 0 bridgehead atoms. The lowest BCUT2D eigenvalue weighted by atomic mass is 10.2. The number of aryl methyl sites for hydroxylation is 1. The molecule has 0 aliphatic heterocycles. The lowest BCUT2D eigenvalue weighted by molar-refractivity contribution is 0.321. The van der Waals surface area contributed by atoms with E-state index in [1.54, 1.807) is 11.3 Å². The minimum Gasteiger partial charge on any atom is -0.493 e. The number of nitrogens with zero attached hydrogens (tertiary/aromatic N) is 1. The summed E-state index contributed by atoms with van der Waals surface area (Å²) in [6.07, 6.45) is 2.84. The minimum atomic E-state index is 0.676. The number of hydrogen-bond donors (Lipinski definition) is 1. The zero-order chi connectivity index (χ0) is 15.1. The molecule has 2 aromatic rings. The first kappa shape index (κ1) is 16.0. The van der Waals surface area contributed by atoms with Gasteiger partial charge in [0.2, 0.25) is 0 Å². The first-order valence-electron chi connectivity index (χ1n) is 7.47. The number of ether oxygens (including phenoxy) is 1. The third-order valence-corrected chi connectivity index (χ3v) is 4.12. The van der Waals surface area contributed by atoms with Crippen LogP contribution in [0.5, 0.6) is 5.75 Å². The summed E-state index contributed by atoms with van der Waals surface area (Å²) in [7, 11) is 0. The molecule has 2 rings (SSSR count). The molecule has 0 fully saturated rings. The van der Waals surface area contributed by atoms with E-state index >= 15 is 0 Å². The van der Waals surface area contributed by atoms with Crippen LogP contribution in [0.2, 0.25) is 0 Å². The average Bonchev–Trinajstić information content (AvgIpc) is 2.88. The molecule has 1 aromatic heterocycles. The smallest absolute Gasteiger partial charge is 0.119 e. The van der Waals surface area contributed by atoms with Gasteiger partial charge in [0.15, 0.2) is 0 Å². The van der Waals surface area contributed by atoms with Crippen molar-refractivity contribution < 1.29 is 4.74 Å². The molecule has 0 saturated heterocycles. The van der Waals surface area contributed by atoms with Crippen LogP contribution in [-0.2, 0) is 13.0 Å². The molecule has 1 heterocycles. The Labute approximate surface area is 131 Å². The summed E-state index contributed by atoms with van der Waals surface area (Å²) in [5.74, 6) is 1.61. The van der Waals surface area contributed by atoms with Gasteiger partial charge in [0.25, 0.3) is 0 Å². The van der Waals surface area contributed by atoms with Crippen molar-refractivity contribution in [1.29, 1.82) is 0 Å². The molecule has 21 heavy (non-hydrogen) atoms. The second-order valence-electron chi connectivity index (χ2n) is 5.66. The van der Waals surface area contributed by atoms with Crippen molar-refractivity contribution in [3.8, 4) is 5.75 Å². The van der Waals surface area contributed by atoms with Gasteiger partial charge in [0.1, 0.15) is 5.75 Å². The second-order valence-corrected chi connectivity index (χ2v) is 6.86. The maximum atomic E-state index is 5.74. The fourth-order valence-electron chi connectivity index (χ4n) is 1.92. The van der Waals surface area contributed by atoms with Gasteiger partial charge < -0.3 is 10.1 Å². The Morgan fingerprint density at radius 1 is 1.24 bits per heavy atom. The molecule has 1 aromatic carbocycles. The Bertz CT molecular complexity index is 534. The Kier molecular flexibility index (Phi) is 6.21. The van der Waals surface area contributed by atoms with E-state index in [2.05, 4.69) is 43.2 Å². The van der Waals surface area contributed by atoms with Gasteiger partial charge in [-0.3, -0.25) is 0 Å². The summed E-state index contributed by atoms with van der Waals surface area (Å²) < 4.78 is 5.74. The minimum absolute atomic E-state index is 0.676. The van der Waals surface area contributed by atoms with Gasteiger partial charge in [-0.2, -0.15) is 0 Å². The maximum absolute atomic E-state index is 5.74. The van der Waals surface area contributed by atoms with Crippen LogP contribution >= 0.6 is 11.3 Å².